The fourth-order valence-corrected chi connectivity index (χ4v) is 4.02. The van der Waals surface area contributed by atoms with Gasteiger partial charge < -0.3 is 19.2 Å². The third kappa shape index (κ3) is 3.87. The minimum atomic E-state index is -0.259. The van der Waals surface area contributed by atoms with Crippen molar-refractivity contribution in [1.29, 1.82) is 0 Å². The SMILES string of the molecule is Cc1nc(C)c(-c2nnc(SCC(=O)Nc3cc4c(cc3Cl)OCO4)o2)s1. The number of fused-ring (bicyclic) bond motifs is 1. The Morgan fingerprint density at radius 2 is 2.07 bits per heavy atom. The molecule has 0 unspecified atom stereocenters. The van der Waals surface area contributed by atoms with Crippen molar-refractivity contribution in [3.8, 4) is 22.3 Å². The third-order valence-electron chi connectivity index (χ3n) is 3.57. The molecule has 0 bridgehead atoms. The number of aryl methyl sites for hydroxylation is 2. The van der Waals surface area contributed by atoms with Crippen LogP contribution in [0.4, 0.5) is 5.69 Å². The second-order valence-corrected chi connectivity index (χ2v) is 8.08. The number of thioether (sulfide) groups is 1. The zero-order valence-electron chi connectivity index (χ0n) is 14.2. The molecule has 0 atom stereocenters. The highest BCUT2D eigenvalue weighted by Gasteiger charge is 2.19. The van der Waals surface area contributed by atoms with Gasteiger partial charge in [-0.1, -0.05) is 23.4 Å². The average molecular weight is 425 g/mol. The molecule has 3 aromatic rings. The number of carbonyl (C=O) groups is 1. The highest BCUT2D eigenvalue weighted by molar-refractivity contribution is 7.99. The van der Waals surface area contributed by atoms with E-state index in [9.17, 15) is 4.79 Å². The van der Waals surface area contributed by atoms with Gasteiger partial charge in [-0.2, -0.15) is 0 Å². The summed E-state index contributed by atoms with van der Waals surface area (Å²) in [7, 11) is 0. The zero-order valence-corrected chi connectivity index (χ0v) is 16.6. The van der Waals surface area contributed by atoms with Crippen LogP contribution in [0.1, 0.15) is 10.7 Å². The molecule has 0 spiro atoms. The fraction of sp³-hybridized carbons (Fsp3) is 0.250. The van der Waals surface area contributed by atoms with Crippen molar-refractivity contribution in [3.05, 3.63) is 27.9 Å². The van der Waals surface area contributed by atoms with Crippen LogP contribution in [0.2, 0.25) is 5.02 Å². The van der Waals surface area contributed by atoms with E-state index in [-0.39, 0.29) is 18.5 Å². The molecule has 0 fully saturated rings. The van der Waals surface area contributed by atoms with Gasteiger partial charge in [0.25, 0.3) is 11.1 Å². The standard InChI is InChI=1S/C16H13ClN4O4S2/c1-7-14(27-8(2)18-7)15-20-21-16(25-15)26-5-13(22)19-10-4-12-11(3-9(10)17)23-6-24-12/h3-4H,5-6H2,1-2H3,(H,19,22). The third-order valence-corrected chi connectivity index (χ3v) is 5.76. The van der Waals surface area contributed by atoms with Crippen LogP contribution in [-0.4, -0.2) is 33.6 Å². The number of rotatable bonds is 5. The van der Waals surface area contributed by atoms with Crippen molar-refractivity contribution < 1.29 is 18.7 Å². The van der Waals surface area contributed by atoms with E-state index in [1.165, 1.54) is 11.3 Å². The first-order valence-corrected chi connectivity index (χ1v) is 9.97. The van der Waals surface area contributed by atoms with Gasteiger partial charge in [-0.25, -0.2) is 4.98 Å². The molecule has 3 heterocycles. The Hall–Kier alpha value is -2.30. The topological polar surface area (TPSA) is 99.4 Å². The van der Waals surface area contributed by atoms with Gasteiger partial charge in [-0.15, -0.1) is 21.5 Å². The van der Waals surface area contributed by atoms with Crippen molar-refractivity contribution in [2.24, 2.45) is 0 Å². The highest BCUT2D eigenvalue weighted by atomic mass is 35.5. The summed E-state index contributed by atoms with van der Waals surface area (Å²) in [5, 5.41) is 12.3. The normalized spacial score (nSPS) is 12.4. The van der Waals surface area contributed by atoms with Crippen LogP contribution in [0.5, 0.6) is 11.5 Å². The highest BCUT2D eigenvalue weighted by Crippen LogP contribution is 2.39. The number of hydrogen-bond acceptors (Lipinski definition) is 9. The number of nitrogens with zero attached hydrogens (tertiary/aromatic N) is 3. The second-order valence-electron chi connectivity index (χ2n) is 5.54. The van der Waals surface area contributed by atoms with Crippen LogP contribution in [-0.2, 0) is 4.79 Å². The molecule has 2 aromatic heterocycles. The summed E-state index contributed by atoms with van der Waals surface area (Å²) in [6.07, 6.45) is 0. The minimum absolute atomic E-state index is 0.0904. The summed E-state index contributed by atoms with van der Waals surface area (Å²) in [6.45, 7) is 3.94. The molecule has 1 aliphatic heterocycles. The number of hydrogen-bond donors (Lipinski definition) is 1. The van der Waals surface area contributed by atoms with Gasteiger partial charge in [0.05, 0.1) is 27.2 Å². The monoisotopic (exact) mass is 424 g/mol. The number of aromatic nitrogens is 3. The quantitative estimate of drug-likeness (QED) is 0.615. The molecule has 1 aliphatic rings. The van der Waals surface area contributed by atoms with E-state index in [1.54, 1.807) is 12.1 Å². The van der Waals surface area contributed by atoms with Crippen LogP contribution < -0.4 is 14.8 Å². The van der Waals surface area contributed by atoms with Gasteiger partial charge in [0.2, 0.25) is 12.7 Å². The molecular weight excluding hydrogens is 412 g/mol. The van der Waals surface area contributed by atoms with Gasteiger partial charge in [-0.3, -0.25) is 4.79 Å². The first-order valence-electron chi connectivity index (χ1n) is 7.79. The summed E-state index contributed by atoms with van der Waals surface area (Å²) >= 11 is 8.78. The molecule has 0 saturated heterocycles. The van der Waals surface area contributed by atoms with Crippen LogP contribution in [0.15, 0.2) is 21.8 Å². The van der Waals surface area contributed by atoms with E-state index in [0.29, 0.717) is 33.3 Å². The summed E-state index contributed by atoms with van der Waals surface area (Å²) in [5.41, 5.74) is 1.29. The molecule has 11 heteroatoms. The van der Waals surface area contributed by atoms with Crippen LogP contribution in [0.25, 0.3) is 10.8 Å². The van der Waals surface area contributed by atoms with Crippen LogP contribution >= 0.6 is 34.7 Å². The molecule has 0 aliphatic carbocycles. The molecule has 8 nitrogen and oxygen atoms in total. The van der Waals surface area contributed by atoms with E-state index in [0.717, 1.165) is 27.3 Å². The Labute approximate surface area is 167 Å². The lowest BCUT2D eigenvalue weighted by molar-refractivity contribution is -0.113. The number of anilines is 1. The lowest BCUT2D eigenvalue weighted by atomic mass is 10.2. The lowest BCUT2D eigenvalue weighted by Gasteiger charge is -2.07. The Bertz CT molecular complexity index is 1020. The van der Waals surface area contributed by atoms with Crippen molar-refractivity contribution >= 4 is 46.3 Å². The predicted octanol–water partition coefficient (Wildman–Crippen LogP) is 3.92. The first kappa shape index (κ1) is 18.1. The largest absolute Gasteiger partial charge is 0.454 e. The molecule has 4 rings (SSSR count). The number of nitrogens with one attached hydrogen (secondary N) is 1. The molecule has 0 saturated carbocycles. The first-order chi connectivity index (χ1) is 13.0. The number of thiazole rings is 1. The molecule has 0 radical (unpaired) electrons. The maximum atomic E-state index is 12.2. The van der Waals surface area contributed by atoms with Crippen LogP contribution in [0.3, 0.4) is 0 Å². The van der Waals surface area contributed by atoms with Crippen LogP contribution in [0, 0.1) is 13.8 Å². The summed E-state index contributed by atoms with van der Waals surface area (Å²) in [4.78, 5) is 17.4. The second kappa shape index (κ2) is 7.37. The molecule has 27 heavy (non-hydrogen) atoms. The number of ether oxygens (including phenoxy) is 2. The lowest BCUT2D eigenvalue weighted by Crippen LogP contribution is -2.14. The van der Waals surface area contributed by atoms with Crippen molar-refractivity contribution in [2.45, 2.75) is 19.1 Å². The minimum Gasteiger partial charge on any atom is -0.454 e. The van der Waals surface area contributed by atoms with Gasteiger partial charge in [-0.05, 0) is 13.8 Å². The van der Waals surface area contributed by atoms with Crippen molar-refractivity contribution in [3.63, 3.8) is 0 Å². The smallest absolute Gasteiger partial charge is 0.277 e. The molecule has 1 N–H and O–H groups in total. The fourth-order valence-electron chi connectivity index (χ4n) is 2.42. The van der Waals surface area contributed by atoms with Crippen molar-refractivity contribution in [2.75, 3.05) is 17.9 Å². The van der Waals surface area contributed by atoms with E-state index in [2.05, 4.69) is 20.5 Å². The van der Waals surface area contributed by atoms with Gasteiger partial charge in [0.1, 0.15) is 4.88 Å². The van der Waals surface area contributed by atoms with Gasteiger partial charge in [0, 0.05) is 12.1 Å². The maximum Gasteiger partial charge on any atom is 0.277 e. The van der Waals surface area contributed by atoms with E-state index < -0.39 is 0 Å². The molecule has 140 valence electrons. The van der Waals surface area contributed by atoms with Gasteiger partial charge in [0.15, 0.2) is 11.5 Å². The van der Waals surface area contributed by atoms with Gasteiger partial charge >= 0.3 is 0 Å². The number of carbonyl (C=O) groups excluding carboxylic acids is 1. The van der Waals surface area contributed by atoms with E-state index >= 15 is 0 Å². The van der Waals surface area contributed by atoms with Crippen molar-refractivity contribution in [1.82, 2.24) is 15.2 Å². The van der Waals surface area contributed by atoms with E-state index in [4.69, 9.17) is 25.5 Å². The Kier molecular flexibility index (Phi) is 4.94. The number of halogens is 1. The maximum absolute atomic E-state index is 12.2. The molecular formula is C16H13ClN4O4S2. The summed E-state index contributed by atoms with van der Waals surface area (Å²) < 4.78 is 16.1. The summed E-state index contributed by atoms with van der Waals surface area (Å²) in [5.74, 6) is 1.33. The molecule has 1 aromatic carbocycles. The summed E-state index contributed by atoms with van der Waals surface area (Å²) in [6, 6.07) is 3.24. The Morgan fingerprint density at radius 1 is 1.30 bits per heavy atom. The zero-order chi connectivity index (χ0) is 19.0. The Morgan fingerprint density at radius 3 is 2.81 bits per heavy atom. The van der Waals surface area contributed by atoms with E-state index in [1.807, 2.05) is 13.8 Å². The predicted molar refractivity (Wildman–Crippen MR) is 102 cm³/mol. The average Bonchev–Trinajstić information content (AvgIpc) is 3.33. The Balaban J connectivity index is 1.38. The number of amides is 1. The number of benzene rings is 1. The molecule has 1 amide bonds.